The van der Waals surface area contributed by atoms with Crippen LogP contribution in [0.25, 0.3) is 0 Å². The van der Waals surface area contributed by atoms with Gasteiger partial charge in [0.15, 0.2) is 9.84 Å². The van der Waals surface area contributed by atoms with Crippen LogP contribution in [-0.2, 0) is 20.8 Å². The molecule has 2 N–H and O–H groups in total. The number of carbonyl (C=O) groups is 1. The molecule has 0 heterocycles. The summed E-state index contributed by atoms with van der Waals surface area (Å²) in [5.41, 5.74) is -1.47. The van der Waals surface area contributed by atoms with Crippen LogP contribution in [-0.4, -0.2) is 31.2 Å². The molecule has 0 saturated heterocycles. The Morgan fingerprint density at radius 2 is 1.80 bits per heavy atom. The number of carbonyl (C=O) groups excluding carboxylic acids is 1. The molecule has 0 unspecified atom stereocenters. The number of halogens is 4. The Morgan fingerprint density at radius 3 is 2.37 bits per heavy atom. The minimum Gasteiger partial charge on any atom is -0.356 e. The zero-order chi connectivity index (χ0) is 22.6. The van der Waals surface area contributed by atoms with E-state index in [0.717, 1.165) is 50.3 Å². The van der Waals surface area contributed by atoms with Gasteiger partial charge in [-0.05, 0) is 63.1 Å². The molecule has 1 aliphatic rings. The molecule has 5 nitrogen and oxygen atoms in total. The van der Waals surface area contributed by atoms with E-state index < -0.39 is 31.9 Å². The molecule has 2 rings (SSSR count). The van der Waals surface area contributed by atoms with Crippen LogP contribution >= 0.6 is 11.8 Å². The van der Waals surface area contributed by atoms with E-state index in [0.29, 0.717) is 6.07 Å². The van der Waals surface area contributed by atoms with Gasteiger partial charge in [0, 0.05) is 18.5 Å². The van der Waals surface area contributed by atoms with E-state index >= 15 is 0 Å². The number of alkyl halides is 3. The highest BCUT2D eigenvalue weighted by atomic mass is 35.5. The van der Waals surface area contributed by atoms with Crippen LogP contribution in [0.15, 0.2) is 29.2 Å². The van der Waals surface area contributed by atoms with Gasteiger partial charge in [-0.2, -0.15) is 13.2 Å². The lowest BCUT2D eigenvalue weighted by molar-refractivity contribution is -0.137. The van der Waals surface area contributed by atoms with Gasteiger partial charge in [-0.3, -0.25) is 4.79 Å². The van der Waals surface area contributed by atoms with Gasteiger partial charge in [0.2, 0.25) is 5.91 Å². The van der Waals surface area contributed by atoms with Gasteiger partial charge in [-0.25, -0.2) is 13.3 Å². The lowest BCUT2D eigenvalue weighted by Crippen LogP contribution is -2.46. The number of hydrogen-bond acceptors (Lipinski definition) is 4. The van der Waals surface area contributed by atoms with Crippen LogP contribution in [0, 0.1) is 0 Å². The summed E-state index contributed by atoms with van der Waals surface area (Å²) in [6.45, 7) is 2.97. The van der Waals surface area contributed by atoms with Crippen LogP contribution in [0.1, 0.15) is 64.4 Å². The summed E-state index contributed by atoms with van der Waals surface area (Å²) in [4.78, 5) is 14.7. The second-order valence-electron chi connectivity index (χ2n) is 8.50. The molecule has 1 aromatic carbocycles. The second-order valence-corrected chi connectivity index (χ2v) is 11.3. The Balaban J connectivity index is 2.01. The van der Waals surface area contributed by atoms with Crippen molar-refractivity contribution in [2.24, 2.45) is 0 Å². The molecule has 0 aliphatic heterocycles. The van der Waals surface area contributed by atoms with Gasteiger partial charge in [-0.15, -0.1) is 0 Å². The van der Waals surface area contributed by atoms with Gasteiger partial charge in [0.25, 0.3) is 0 Å². The molecule has 1 saturated carbocycles. The maximum Gasteiger partial charge on any atom is 0.416 e. The lowest BCUT2D eigenvalue weighted by atomic mass is 9.80. The summed E-state index contributed by atoms with van der Waals surface area (Å²) in [5.74, 6) is -0.239. The summed E-state index contributed by atoms with van der Waals surface area (Å²) in [6.07, 6.45) is 0.262. The maximum atomic E-state index is 12.9. The van der Waals surface area contributed by atoms with Crippen molar-refractivity contribution in [3.63, 3.8) is 0 Å². The average Bonchev–Trinajstić information content (AvgIpc) is 2.67. The summed E-state index contributed by atoms with van der Waals surface area (Å²) in [7, 11) is -4.05. The Labute approximate surface area is 180 Å². The van der Waals surface area contributed by atoms with E-state index in [1.807, 2.05) is 0 Å². The number of benzene rings is 1. The van der Waals surface area contributed by atoms with Crippen molar-refractivity contribution < 1.29 is 26.4 Å². The van der Waals surface area contributed by atoms with Crippen molar-refractivity contribution >= 4 is 27.5 Å². The minimum atomic E-state index is -4.63. The normalized spacial score (nSPS) is 17.5. The van der Waals surface area contributed by atoms with E-state index in [1.54, 1.807) is 0 Å². The predicted molar refractivity (Wildman–Crippen MR) is 110 cm³/mol. The van der Waals surface area contributed by atoms with E-state index in [1.165, 1.54) is 13.8 Å². The Morgan fingerprint density at radius 1 is 1.17 bits per heavy atom. The first kappa shape index (κ1) is 24.9. The minimum absolute atomic E-state index is 0.0542. The van der Waals surface area contributed by atoms with Crippen molar-refractivity contribution in [2.45, 2.75) is 80.2 Å². The third-order valence-corrected chi connectivity index (χ3v) is 8.69. The zero-order valence-electron chi connectivity index (χ0n) is 17.1. The molecule has 0 atom stereocenters. The molecule has 30 heavy (non-hydrogen) atoms. The highest BCUT2D eigenvalue weighted by Crippen LogP contribution is 2.34. The zero-order valence-corrected chi connectivity index (χ0v) is 18.7. The summed E-state index contributed by atoms with van der Waals surface area (Å²) in [5, 5.41) is 2.72. The summed E-state index contributed by atoms with van der Waals surface area (Å²) >= 11 is 5.87. The van der Waals surface area contributed by atoms with Crippen molar-refractivity contribution in [3.8, 4) is 0 Å². The van der Waals surface area contributed by atoms with E-state index in [4.69, 9.17) is 11.8 Å². The summed E-state index contributed by atoms with van der Waals surface area (Å²) < 4.78 is 63.3. The van der Waals surface area contributed by atoms with Gasteiger partial charge < -0.3 is 5.32 Å². The molecule has 0 bridgehead atoms. The van der Waals surface area contributed by atoms with Crippen LogP contribution in [0.3, 0.4) is 0 Å². The fourth-order valence-corrected chi connectivity index (χ4v) is 5.50. The molecule has 1 fully saturated rings. The van der Waals surface area contributed by atoms with Gasteiger partial charge in [0.1, 0.15) is 0 Å². The highest BCUT2D eigenvalue weighted by molar-refractivity contribution is 7.92. The molecule has 0 spiro atoms. The smallest absolute Gasteiger partial charge is 0.356 e. The molecule has 0 aromatic heterocycles. The molecule has 10 heteroatoms. The number of hydrogen-bond donors (Lipinski definition) is 2. The third-order valence-electron chi connectivity index (χ3n) is 5.76. The van der Waals surface area contributed by atoms with E-state index in [2.05, 4.69) is 10.2 Å². The molecule has 1 amide bonds. The quantitative estimate of drug-likeness (QED) is 0.547. The third kappa shape index (κ3) is 5.88. The van der Waals surface area contributed by atoms with Gasteiger partial charge in [0.05, 0.1) is 15.2 Å². The SMILES string of the molecule is CC(C)(CCNC(=O)CC1(NCl)CCCCC1)S(=O)(=O)c1cccc(C(F)(F)F)c1. The highest BCUT2D eigenvalue weighted by Gasteiger charge is 2.38. The number of sulfone groups is 1. The summed E-state index contributed by atoms with van der Waals surface area (Å²) in [6, 6.07) is 3.72. The van der Waals surface area contributed by atoms with E-state index in [-0.39, 0.29) is 30.2 Å². The molecule has 1 aliphatic carbocycles. The second kappa shape index (κ2) is 9.44. The monoisotopic (exact) mass is 468 g/mol. The van der Waals surface area contributed by atoms with Gasteiger partial charge >= 0.3 is 6.18 Å². The Hall–Kier alpha value is -1.32. The van der Waals surface area contributed by atoms with Crippen LogP contribution in [0.4, 0.5) is 13.2 Å². The van der Waals surface area contributed by atoms with Crippen LogP contribution in [0.2, 0.25) is 0 Å². The maximum absolute atomic E-state index is 12.9. The molecular weight excluding hydrogens is 441 g/mol. The number of nitrogens with one attached hydrogen (secondary N) is 2. The molecular formula is C20H28ClF3N2O3S. The number of amides is 1. The van der Waals surface area contributed by atoms with Crippen molar-refractivity contribution in [2.75, 3.05) is 6.54 Å². The Bertz CT molecular complexity index is 851. The average molecular weight is 469 g/mol. The first-order chi connectivity index (χ1) is 13.8. The fourth-order valence-electron chi connectivity index (χ4n) is 3.70. The van der Waals surface area contributed by atoms with Crippen LogP contribution in [0.5, 0.6) is 0 Å². The fraction of sp³-hybridized carbons (Fsp3) is 0.650. The molecule has 0 radical (unpaired) electrons. The first-order valence-corrected chi connectivity index (χ1v) is 11.8. The van der Waals surface area contributed by atoms with Gasteiger partial charge in [-0.1, -0.05) is 25.3 Å². The molecule has 1 aromatic rings. The van der Waals surface area contributed by atoms with Crippen molar-refractivity contribution in [3.05, 3.63) is 29.8 Å². The number of rotatable bonds is 8. The lowest BCUT2D eigenvalue weighted by Gasteiger charge is -2.35. The predicted octanol–water partition coefficient (Wildman–Crippen LogP) is 4.60. The largest absolute Gasteiger partial charge is 0.416 e. The Kier molecular flexibility index (Phi) is 7.85. The topological polar surface area (TPSA) is 75.3 Å². The van der Waals surface area contributed by atoms with Crippen molar-refractivity contribution in [1.82, 2.24) is 10.2 Å². The standard InChI is InChI=1S/C20H28ClF3N2O3S/c1-18(2,30(28,29)16-8-6-7-15(13-16)20(22,23)24)11-12-25-17(27)14-19(26-21)9-4-3-5-10-19/h6-8,13,26H,3-5,9-12,14H2,1-2H3,(H,25,27). The van der Waals surface area contributed by atoms with Crippen LogP contribution < -0.4 is 10.2 Å². The molecule has 170 valence electrons. The van der Waals surface area contributed by atoms with E-state index in [9.17, 15) is 26.4 Å². The first-order valence-electron chi connectivity index (χ1n) is 9.89. The van der Waals surface area contributed by atoms with Crippen molar-refractivity contribution in [1.29, 1.82) is 0 Å².